The summed E-state index contributed by atoms with van der Waals surface area (Å²) in [7, 11) is 0. The zero-order valence-electron chi connectivity index (χ0n) is 17.7. The number of hydrogen-bond donors (Lipinski definition) is 2. The lowest BCUT2D eigenvalue weighted by molar-refractivity contribution is 0.126. The second-order valence-corrected chi connectivity index (χ2v) is 8.68. The Kier molecular flexibility index (Phi) is 5.83. The highest BCUT2D eigenvalue weighted by molar-refractivity contribution is 6.33. The minimum absolute atomic E-state index is 0.152. The Bertz CT molecular complexity index is 1370. The summed E-state index contributed by atoms with van der Waals surface area (Å²) in [5.41, 5.74) is 1.60. The molecular weight excluding hydrogens is 443 g/mol. The van der Waals surface area contributed by atoms with Gasteiger partial charge in [-0.15, -0.1) is 0 Å². The van der Waals surface area contributed by atoms with E-state index in [0.717, 1.165) is 25.7 Å². The second-order valence-electron chi connectivity index (χ2n) is 8.28. The quantitative estimate of drug-likeness (QED) is 0.446. The molecule has 8 heteroatoms. The number of anilines is 1. The molecule has 1 aliphatic rings. The maximum atomic E-state index is 13.7. The first kappa shape index (κ1) is 21.6. The van der Waals surface area contributed by atoms with Gasteiger partial charge < -0.3 is 10.4 Å². The van der Waals surface area contributed by atoms with Crippen LogP contribution in [0.1, 0.15) is 25.7 Å². The van der Waals surface area contributed by atoms with Crippen LogP contribution in [0.5, 0.6) is 0 Å². The predicted octanol–water partition coefficient (Wildman–Crippen LogP) is 4.96. The van der Waals surface area contributed by atoms with E-state index in [4.69, 9.17) is 11.6 Å². The van der Waals surface area contributed by atoms with Crippen molar-refractivity contribution in [1.29, 1.82) is 0 Å². The Balaban J connectivity index is 1.67. The van der Waals surface area contributed by atoms with Crippen molar-refractivity contribution in [3.8, 4) is 16.8 Å². The smallest absolute Gasteiger partial charge is 0.264 e. The highest BCUT2D eigenvalue weighted by atomic mass is 35.5. The lowest BCUT2D eigenvalue weighted by atomic mass is 9.93. The summed E-state index contributed by atoms with van der Waals surface area (Å²) in [6.07, 6.45) is 4.51. The maximum absolute atomic E-state index is 13.7. The number of hydrogen-bond acceptors (Lipinski definition) is 5. The van der Waals surface area contributed by atoms with E-state index in [9.17, 15) is 14.3 Å². The summed E-state index contributed by atoms with van der Waals surface area (Å²) in [5.74, 6) is 0.0134. The van der Waals surface area contributed by atoms with Crippen LogP contribution in [-0.4, -0.2) is 31.8 Å². The maximum Gasteiger partial charge on any atom is 0.264 e. The Hall–Kier alpha value is -3.29. The summed E-state index contributed by atoms with van der Waals surface area (Å²) in [6.45, 7) is 0. The zero-order chi connectivity index (χ0) is 22.9. The summed E-state index contributed by atoms with van der Waals surface area (Å²) in [4.78, 5) is 22.8. The molecule has 0 radical (unpaired) electrons. The number of aliphatic hydroxyl groups is 1. The molecule has 168 valence electrons. The predicted molar refractivity (Wildman–Crippen MR) is 127 cm³/mol. The number of fused-ring (bicyclic) bond motifs is 1. The molecule has 1 fully saturated rings. The van der Waals surface area contributed by atoms with Gasteiger partial charge in [0, 0.05) is 33.8 Å². The van der Waals surface area contributed by atoms with Crippen molar-refractivity contribution in [2.75, 3.05) is 5.32 Å². The Morgan fingerprint density at radius 2 is 1.76 bits per heavy atom. The van der Waals surface area contributed by atoms with Gasteiger partial charge in [0.1, 0.15) is 5.82 Å². The van der Waals surface area contributed by atoms with Gasteiger partial charge >= 0.3 is 0 Å². The number of benzene rings is 2. The minimum Gasteiger partial charge on any atom is -0.393 e. The fourth-order valence-corrected chi connectivity index (χ4v) is 4.51. The second kappa shape index (κ2) is 8.92. The monoisotopic (exact) mass is 464 g/mol. The largest absolute Gasteiger partial charge is 0.393 e. The number of nitrogens with one attached hydrogen (secondary N) is 1. The van der Waals surface area contributed by atoms with E-state index >= 15 is 0 Å². The molecule has 5 rings (SSSR count). The summed E-state index contributed by atoms with van der Waals surface area (Å²) in [5, 5.41) is 14.2. The van der Waals surface area contributed by atoms with Gasteiger partial charge in [-0.2, -0.15) is 4.98 Å². The Labute approximate surface area is 194 Å². The van der Waals surface area contributed by atoms with Gasteiger partial charge in [-0.25, -0.2) is 9.37 Å². The lowest BCUT2D eigenvalue weighted by Gasteiger charge is -2.26. The van der Waals surface area contributed by atoms with Crippen molar-refractivity contribution >= 4 is 28.6 Å². The van der Waals surface area contributed by atoms with Gasteiger partial charge in [0.25, 0.3) is 5.56 Å². The first-order valence-electron chi connectivity index (χ1n) is 10.9. The van der Waals surface area contributed by atoms with E-state index < -0.39 is 5.82 Å². The van der Waals surface area contributed by atoms with Crippen LogP contribution in [0.3, 0.4) is 0 Å². The molecule has 0 unspecified atom stereocenters. The summed E-state index contributed by atoms with van der Waals surface area (Å²) < 4.78 is 15.1. The number of pyridine rings is 1. The van der Waals surface area contributed by atoms with Crippen molar-refractivity contribution < 1.29 is 9.50 Å². The van der Waals surface area contributed by atoms with Gasteiger partial charge in [-0.05, 0) is 62.1 Å². The molecule has 1 aliphatic carbocycles. The normalized spacial score (nSPS) is 18.4. The van der Waals surface area contributed by atoms with E-state index in [-0.39, 0.29) is 17.7 Å². The molecule has 6 nitrogen and oxygen atoms in total. The third-order valence-corrected chi connectivity index (χ3v) is 6.35. The minimum atomic E-state index is -0.394. The van der Waals surface area contributed by atoms with E-state index in [1.165, 1.54) is 16.7 Å². The molecule has 2 N–H and O–H groups in total. The highest BCUT2D eigenvalue weighted by Gasteiger charge is 2.21. The van der Waals surface area contributed by atoms with Crippen LogP contribution in [0, 0.1) is 5.82 Å². The topological polar surface area (TPSA) is 80.0 Å². The van der Waals surface area contributed by atoms with E-state index in [2.05, 4.69) is 15.3 Å². The summed E-state index contributed by atoms with van der Waals surface area (Å²) in [6, 6.07) is 14.7. The van der Waals surface area contributed by atoms with Crippen LogP contribution in [0.25, 0.3) is 27.8 Å². The van der Waals surface area contributed by atoms with Gasteiger partial charge in [0.15, 0.2) is 5.65 Å². The van der Waals surface area contributed by atoms with Gasteiger partial charge in [-0.3, -0.25) is 9.36 Å². The van der Waals surface area contributed by atoms with Gasteiger partial charge in [-0.1, -0.05) is 29.8 Å². The Morgan fingerprint density at radius 3 is 2.48 bits per heavy atom. The first-order chi connectivity index (χ1) is 16.0. The van der Waals surface area contributed by atoms with Crippen LogP contribution in [0.2, 0.25) is 5.02 Å². The molecule has 2 aromatic heterocycles. The number of rotatable bonds is 4. The molecule has 0 amide bonds. The fourth-order valence-electron chi connectivity index (χ4n) is 4.27. The number of aromatic nitrogens is 3. The fraction of sp³-hybridized carbons (Fsp3) is 0.240. The van der Waals surface area contributed by atoms with Crippen LogP contribution in [0.15, 0.2) is 65.6 Å². The molecule has 2 aromatic carbocycles. The molecule has 0 atom stereocenters. The average Bonchev–Trinajstić information content (AvgIpc) is 2.82. The van der Waals surface area contributed by atoms with Crippen molar-refractivity contribution in [2.45, 2.75) is 37.8 Å². The van der Waals surface area contributed by atoms with Gasteiger partial charge in [0.05, 0.1) is 11.8 Å². The third kappa shape index (κ3) is 4.34. The summed E-state index contributed by atoms with van der Waals surface area (Å²) >= 11 is 6.39. The van der Waals surface area contributed by atoms with Crippen molar-refractivity contribution in [1.82, 2.24) is 14.5 Å². The number of halogens is 2. The van der Waals surface area contributed by atoms with Crippen molar-refractivity contribution in [3.05, 3.63) is 82.0 Å². The molecule has 0 bridgehead atoms. The molecule has 0 saturated heterocycles. The van der Waals surface area contributed by atoms with Crippen LogP contribution in [0.4, 0.5) is 10.3 Å². The van der Waals surface area contributed by atoms with Crippen LogP contribution >= 0.6 is 11.6 Å². The van der Waals surface area contributed by atoms with Crippen molar-refractivity contribution in [2.24, 2.45) is 0 Å². The molecule has 4 aromatic rings. The average molecular weight is 465 g/mol. The number of aliphatic hydroxyl groups excluding tert-OH is 1. The van der Waals surface area contributed by atoms with E-state index in [0.29, 0.717) is 38.8 Å². The zero-order valence-corrected chi connectivity index (χ0v) is 18.5. The van der Waals surface area contributed by atoms with Crippen LogP contribution in [-0.2, 0) is 0 Å². The standard InChI is InChI=1S/C25H22ClFN4O2/c26-22-4-2-1-3-20(22)21-13-15-14-28-25(29-17-7-11-19(32)12-8-17)30-23(15)31(24(21)33)18-9-5-16(27)6-10-18/h1-6,9-10,13-14,17,19,32H,7-8,11-12H2,(H,28,29,30). The highest BCUT2D eigenvalue weighted by Crippen LogP contribution is 2.29. The first-order valence-corrected chi connectivity index (χ1v) is 11.3. The molecule has 33 heavy (non-hydrogen) atoms. The number of nitrogens with zero attached hydrogens (tertiary/aromatic N) is 3. The SMILES string of the molecule is O=c1c(-c2ccccc2Cl)cc2cnc(NC3CCC(O)CC3)nc2n1-c1ccc(F)cc1. The third-order valence-electron chi connectivity index (χ3n) is 6.02. The molecular formula is C25H22ClFN4O2. The van der Waals surface area contributed by atoms with E-state index in [1.807, 2.05) is 6.07 Å². The molecule has 1 saturated carbocycles. The Morgan fingerprint density at radius 1 is 1.03 bits per heavy atom. The molecule has 2 heterocycles. The molecule has 0 spiro atoms. The van der Waals surface area contributed by atoms with E-state index in [1.54, 1.807) is 42.6 Å². The van der Waals surface area contributed by atoms with Crippen LogP contribution < -0.4 is 10.9 Å². The molecule has 0 aliphatic heterocycles. The lowest BCUT2D eigenvalue weighted by Crippen LogP contribution is -2.29. The van der Waals surface area contributed by atoms with Gasteiger partial charge in [0.2, 0.25) is 5.95 Å². The van der Waals surface area contributed by atoms with Crippen molar-refractivity contribution in [3.63, 3.8) is 0 Å².